The number of thioether (sulfide) groups is 1. The molecule has 1 heteroatoms. The first kappa shape index (κ1) is 10.8. The van der Waals surface area contributed by atoms with Gasteiger partial charge in [0.2, 0.25) is 0 Å². The molecule has 0 unspecified atom stereocenters. The van der Waals surface area contributed by atoms with Crippen LogP contribution >= 0.6 is 11.8 Å². The fourth-order valence-electron chi connectivity index (χ4n) is 0.793. The van der Waals surface area contributed by atoms with Crippen LogP contribution in [-0.4, -0.2) is 5.25 Å². The van der Waals surface area contributed by atoms with E-state index in [0.717, 1.165) is 6.42 Å². The lowest BCUT2D eigenvalue weighted by atomic mass is 10.4. The van der Waals surface area contributed by atoms with Gasteiger partial charge in [-0.2, -0.15) is 0 Å². The van der Waals surface area contributed by atoms with Crippen LogP contribution in [-0.2, 0) is 0 Å². The minimum atomic E-state index is 0.684. The molecule has 0 bridgehead atoms. The molecular weight excluding hydrogens is 152 g/mol. The van der Waals surface area contributed by atoms with E-state index in [1.165, 1.54) is 4.91 Å². The van der Waals surface area contributed by atoms with Crippen molar-refractivity contribution in [3.05, 3.63) is 23.1 Å². The smallest absolute Gasteiger partial charge is 0.00376 e. The molecule has 0 amide bonds. The summed E-state index contributed by atoms with van der Waals surface area (Å²) in [6.45, 7) is 8.67. The van der Waals surface area contributed by atoms with E-state index in [2.05, 4.69) is 45.9 Å². The van der Waals surface area contributed by atoms with Crippen molar-refractivity contribution in [2.24, 2.45) is 0 Å². The summed E-state index contributed by atoms with van der Waals surface area (Å²) in [5.74, 6) is 0. The van der Waals surface area contributed by atoms with Crippen LogP contribution in [0.25, 0.3) is 0 Å². The zero-order valence-corrected chi connectivity index (χ0v) is 8.74. The van der Waals surface area contributed by atoms with Crippen LogP contribution in [0.2, 0.25) is 0 Å². The van der Waals surface area contributed by atoms with Crippen LogP contribution in [0.15, 0.2) is 23.1 Å². The van der Waals surface area contributed by atoms with E-state index in [4.69, 9.17) is 0 Å². The van der Waals surface area contributed by atoms with Gasteiger partial charge in [0.25, 0.3) is 0 Å². The van der Waals surface area contributed by atoms with Gasteiger partial charge in [-0.25, -0.2) is 0 Å². The quantitative estimate of drug-likeness (QED) is 0.575. The van der Waals surface area contributed by atoms with Crippen LogP contribution in [0.1, 0.15) is 34.1 Å². The lowest BCUT2D eigenvalue weighted by Crippen LogP contribution is -1.85. The van der Waals surface area contributed by atoms with Crippen LogP contribution in [0.3, 0.4) is 0 Å². The first-order valence-electron chi connectivity index (χ1n) is 4.20. The Kier molecular flexibility index (Phi) is 6.43. The molecule has 0 radical (unpaired) electrons. The van der Waals surface area contributed by atoms with Crippen molar-refractivity contribution < 1.29 is 0 Å². The SMILES string of the molecule is C/C=C\C(=C/CC)SC(C)C. The summed E-state index contributed by atoms with van der Waals surface area (Å²) in [5, 5.41) is 0.684. The summed E-state index contributed by atoms with van der Waals surface area (Å²) >= 11 is 1.92. The van der Waals surface area contributed by atoms with Crippen LogP contribution in [0.5, 0.6) is 0 Å². The monoisotopic (exact) mass is 170 g/mol. The maximum Gasteiger partial charge on any atom is 0.00376 e. The Bertz CT molecular complexity index is 143. The summed E-state index contributed by atoms with van der Waals surface area (Å²) in [4.78, 5) is 1.39. The highest BCUT2D eigenvalue weighted by Crippen LogP contribution is 2.22. The van der Waals surface area contributed by atoms with Gasteiger partial charge < -0.3 is 0 Å². The van der Waals surface area contributed by atoms with Crippen molar-refractivity contribution in [2.75, 3.05) is 0 Å². The normalized spacial score (nSPS) is 13.4. The van der Waals surface area contributed by atoms with Crippen molar-refractivity contribution >= 4 is 11.8 Å². The Labute approximate surface area is 74.8 Å². The molecule has 0 atom stereocenters. The second-order valence-electron chi connectivity index (χ2n) is 2.68. The number of rotatable bonds is 4. The molecule has 64 valence electrons. The van der Waals surface area contributed by atoms with Crippen molar-refractivity contribution in [2.45, 2.75) is 39.4 Å². The maximum absolute atomic E-state index is 2.27. The molecule has 0 saturated heterocycles. The van der Waals surface area contributed by atoms with Gasteiger partial charge in [0.05, 0.1) is 0 Å². The Hall–Kier alpha value is -0.170. The lowest BCUT2D eigenvalue weighted by Gasteiger charge is -2.04. The lowest BCUT2D eigenvalue weighted by molar-refractivity contribution is 1.12. The molecule has 0 aliphatic carbocycles. The highest BCUT2D eigenvalue weighted by atomic mass is 32.2. The van der Waals surface area contributed by atoms with Crippen molar-refractivity contribution in [1.29, 1.82) is 0 Å². The van der Waals surface area contributed by atoms with Gasteiger partial charge in [0.1, 0.15) is 0 Å². The molecule has 0 aromatic carbocycles. The summed E-state index contributed by atoms with van der Waals surface area (Å²) in [5.41, 5.74) is 0. The fourth-order valence-corrected chi connectivity index (χ4v) is 1.81. The van der Waals surface area contributed by atoms with Gasteiger partial charge in [-0.05, 0) is 13.3 Å². The third-order valence-electron chi connectivity index (χ3n) is 1.11. The second-order valence-corrected chi connectivity index (χ2v) is 4.33. The third-order valence-corrected chi connectivity index (χ3v) is 2.15. The first-order valence-corrected chi connectivity index (χ1v) is 5.08. The average Bonchev–Trinajstić information content (AvgIpc) is 1.87. The largest absolute Gasteiger partial charge is 0.124 e. The summed E-state index contributed by atoms with van der Waals surface area (Å²) in [6, 6.07) is 0. The molecule has 0 rings (SSSR count). The fraction of sp³-hybridized carbons (Fsp3) is 0.600. The number of hydrogen-bond acceptors (Lipinski definition) is 1. The van der Waals surface area contributed by atoms with Gasteiger partial charge in [0.15, 0.2) is 0 Å². The zero-order chi connectivity index (χ0) is 8.69. The molecule has 0 spiro atoms. The highest BCUT2D eigenvalue weighted by Gasteiger charge is 1.96. The standard InChI is InChI=1S/C10H18S/c1-5-7-10(8-6-2)11-9(3)4/h5,7-9H,6H2,1-4H3/b7-5-,10-8+. The van der Waals surface area contributed by atoms with E-state index in [9.17, 15) is 0 Å². The Morgan fingerprint density at radius 3 is 2.45 bits per heavy atom. The predicted molar refractivity (Wildman–Crippen MR) is 55.9 cm³/mol. The summed E-state index contributed by atoms with van der Waals surface area (Å²) in [7, 11) is 0. The molecule has 11 heavy (non-hydrogen) atoms. The Balaban J connectivity index is 4.00. The number of allylic oxidation sites excluding steroid dienone is 3. The predicted octanol–water partition coefficient (Wildman–Crippen LogP) is 4.00. The van der Waals surface area contributed by atoms with E-state index < -0.39 is 0 Å². The summed E-state index contributed by atoms with van der Waals surface area (Å²) in [6.07, 6.45) is 7.66. The van der Waals surface area contributed by atoms with E-state index in [1.807, 2.05) is 11.8 Å². The van der Waals surface area contributed by atoms with Crippen LogP contribution in [0, 0.1) is 0 Å². The molecule has 0 nitrogen and oxygen atoms in total. The molecule has 0 aliphatic rings. The first-order chi connectivity index (χ1) is 5.20. The topological polar surface area (TPSA) is 0 Å². The van der Waals surface area contributed by atoms with Crippen molar-refractivity contribution in [3.63, 3.8) is 0 Å². The van der Waals surface area contributed by atoms with E-state index in [1.54, 1.807) is 0 Å². The number of hydrogen-bond donors (Lipinski definition) is 0. The molecule has 0 aromatic rings. The molecule has 0 saturated carbocycles. The average molecular weight is 170 g/mol. The molecule has 0 heterocycles. The van der Waals surface area contributed by atoms with Crippen LogP contribution in [0.4, 0.5) is 0 Å². The Morgan fingerprint density at radius 1 is 1.45 bits per heavy atom. The van der Waals surface area contributed by atoms with Crippen LogP contribution < -0.4 is 0 Å². The molecule has 0 aliphatic heterocycles. The van der Waals surface area contributed by atoms with E-state index in [0.29, 0.717) is 5.25 Å². The molecule has 0 N–H and O–H groups in total. The van der Waals surface area contributed by atoms with Gasteiger partial charge >= 0.3 is 0 Å². The van der Waals surface area contributed by atoms with Gasteiger partial charge in [0, 0.05) is 10.2 Å². The molecular formula is C10H18S. The summed E-state index contributed by atoms with van der Waals surface area (Å²) < 4.78 is 0. The van der Waals surface area contributed by atoms with Gasteiger partial charge in [-0.1, -0.05) is 39.0 Å². The molecule has 0 aromatic heterocycles. The Morgan fingerprint density at radius 2 is 2.09 bits per heavy atom. The van der Waals surface area contributed by atoms with E-state index in [-0.39, 0.29) is 0 Å². The second kappa shape index (κ2) is 6.53. The van der Waals surface area contributed by atoms with Crippen molar-refractivity contribution in [1.82, 2.24) is 0 Å². The van der Waals surface area contributed by atoms with E-state index >= 15 is 0 Å². The van der Waals surface area contributed by atoms with Gasteiger partial charge in [-0.15, -0.1) is 11.8 Å². The highest BCUT2D eigenvalue weighted by molar-refractivity contribution is 8.03. The zero-order valence-electron chi connectivity index (χ0n) is 7.92. The minimum absolute atomic E-state index is 0.684. The van der Waals surface area contributed by atoms with Crippen molar-refractivity contribution in [3.8, 4) is 0 Å². The third kappa shape index (κ3) is 6.24. The maximum atomic E-state index is 2.27. The molecule has 0 fully saturated rings. The minimum Gasteiger partial charge on any atom is -0.124 e. The van der Waals surface area contributed by atoms with Gasteiger partial charge in [-0.3, -0.25) is 0 Å².